The second-order valence-corrected chi connectivity index (χ2v) is 20.3. The molecule has 5 heteroatoms. The molecule has 0 aliphatic carbocycles. The first-order valence-corrected chi connectivity index (χ1v) is 29.3. The molecule has 65 heavy (non-hydrogen) atoms. The average Bonchev–Trinajstić information content (AvgIpc) is 3.30. The molecule has 0 aliphatic heterocycles. The third-order valence-corrected chi connectivity index (χ3v) is 13.7. The maximum absolute atomic E-state index is 12.5. The minimum Gasteiger partial charge on any atom is -0.394 e. The second-order valence-electron chi connectivity index (χ2n) is 20.3. The summed E-state index contributed by atoms with van der Waals surface area (Å²) >= 11 is 0. The number of aliphatic hydroxyl groups excluding tert-OH is 3. The molecule has 0 saturated carbocycles. The van der Waals surface area contributed by atoms with Crippen LogP contribution in [0.5, 0.6) is 0 Å². The van der Waals surface area contributed by atoms with Crippen LogP contribution in [0.1, 0.15) is 316 Å². The number of hydrogen-bond donors (Lipinski definition) is 4. The molecule has 384 valence electrons. The van der Waals surface area contributed by atoms with E-state index in [0.717, 1.165) is 32.1 Å². The van der Waals surface area contributed by atoms with Gasteiger partial charge in [0.2, 0.25) is 5.91 Å². The highest BCUT2D eigenvalue weighted by atomic mass is 16.3. The Hall–Kier alpha value is -1.43. The number of allylic oxidation sites excluding steroid dienone is 5. The first-order chi connectivity index (χ1) is 32.0. The van der Waals surface area contributed by atoms with Gasteiger partial charge in [-0.3, -0.25) is 4.79 Å². The summed E-state index contributed by atoms with van der Waals surface area (Å²) in [7, 11) is 0. The molecule has 0 aromatic carbocycles. The lowest BCUT2D eigenvalue weighted by Gasteiger charge is -2.21. The molecule has 3 unspecified atom stereocenters. The Morgan fingerprint density at radius 3 is 1.02 bits per heavy atom. The van der Waals surface area contributed by atoms with Gasteiger partial charge in [0.15, 0.2) is 0 Å². The highest BCUT2D eigenvalue weighted by Gasteiger charge is 2.20. The van der Waals surface area contributed by atoms with E-state index in [1.54, 1.807) is 6.08 Å². The van der Waals surface area contributed by atoms with E-state index in [1.165, 1.54) is 257 Å². The third-order valence-electron chi connectivity index (χ3n) is 13.7. The Bertz CT molecular complexity index is 1010. The van der Waals surface area contributed by atoms with Crippen LogP contribution in [0.15, 0.2) is 36.5 Å². The Balaban J connectivity index is 3.52. The molecule has 4 N–H and O–H groups in total. The molecule has 0 radical (unpaired) electrons. The van der Waals surface area contributed by atoms with Gasteiger partial charge in [-0.1, -0.05) is 294 Å². The fourth-order valence-electron chi connectivity index (χ4n) is 9.20. The predicted octanol–water partition coefficient (Wildman–Crippen LogP) is 18.2. The number of aliphatic hydroxyl groups is 3. The number of carbonyl (C=O) groups is 1. The van der Waals surface area contributed by atoms with Gasteiger partial charge in [-0.15, -0.1) is 0 Å². The Morgan fingerprint density at radius 1 is 0.400 bits per heavy atom. The Kier molecular flexibility index (Phi) is 54.0. The van der Waals surface area contributed by atoms with Gasteiger partial charge in [0.05, 0.1) is 31.3 Å². The maximum atomic E-state index is 12.5. The van der Waals surface area contributed by atoms with Gasteiger partial charge in [0.25, 0.3) is 0 Å². The van der Waals surface area contributed by atoms with Crippen LogP contribution in [-0.4, -0.2) is 46.1 Å². The maximum Gasteiger partial charge on any atom is 0.222 e. The van der Waals surface area contributed by atoms with Crippen LogP contribution in [0.3, 0.4) is 0 Å². The van der Waals surface area contributed by atoms with Gasteiger partial charge in [-0.05, 0) is 51.4 Å². The van der Waals surface area contributed by atoms with E-state index in [1.807, 2.05) is 6.08 Å². The third kappa shape index (κ3) is 51.8. The second kappa shape index (κ2) is 55.2. The zero-order valence-electron chi connectivity index (χ0n) is 43.9. The van der Waals surface area contributed by atoms with Gasteiger partial charge in [-0.2, -0.15) is 0 Å². The van der Waals surface area contributed by atoms with Crippen LogP contribution in [0.2, 0.25) is 0 Å². The highest BCUT2D eigenvalue weighted by molar-refractivity contribution is 5.76. The largest absolute Gasteiger partial charge is 0.394 e. The molecule has 0 saturated heterocycles. The summed E-state index contributed by atoms with van der Waals surface area (Å²) in [6, 6.07) is -0.744. The summed E-state index contributed by atoms with van der Waals surface area (Å²) in [6.07, 6.45) is 72.0. The van der Waals surface area contributed by atoms with E-state index in [0.29, 0.717) is 6.42 Å². The van der Waals surface area contributed by atoms with Crippen molar-refractivity contribution in [3.05, 3.63) is 36.5 Å². The zero-order chi connectivity index (χ0) is 47.2. The SMILES string of the molecule is CCCCCCCCCCCCC/C=C\C/C=C\CCCCCCCCCCCCCCCCCC(O)CC(=O)NC(CO)C(O)/C=C/CCCCCCCCCCCCCCCCC. The minimum atomic E-state index is -0.929. The summed E-state index contributed by atoms with van der Waals surface area (Å²) in [6.45, 7) is 4.24. The normalized spacial score (nSPS) is 13.5. The van der Waals surface area contributed by atoms with Crippen molar-refractivity contribution < 1.29 is 20.1 Å². The number of hydrogen-bond acceptors (Lipinski definition) is 4. The summed E-state index contributed by atoms with van der Waals surface area (Å²) in [5, 5.41) is 33.4. The molecule has 0 rings (SSSR count). The van der Waals surface area contributed by atoms with Crippen LogP contribution in [0.4, 0.5) is 0 Å². The van der Waals surface area contributed by atoms with Crippen LogP contribution < -0.4 is 5.32 Å². The van der Waals surface area contributed by atoms with Crippen molar-refractivity contribution in [2.75, 3.05) is 6.61 Å². The number of amides is 1. The highest BCUT2D eigenvalue weighted by Crippen LogP contribution is 2.17. The van der Waals surface area contributed by atoms with Crippen molar-refractivity contribution in [3.8, 4) is 0 Å². The number of carbonyl (C=O) groups excluding carboxylic acids is 1. The Morgan fingerprint density at radius 2 is 0.692 bits per heavy atom. The van der Waals surface area contributed by atoms with Gasteiger partial charge < -0.3 is 20.6 Å². The lowest BCUT2D eigenvalue weighted by Crippen LogP contribution is -2.45. The molecule has 0 aromatic rings. The van der Waals surface area contributed by atoms with E-state index in [-0.39, 0.29) is 18.9 Å². The van der Waals surface area contributed by atoms with Crippen molar-refractivity contribution >= 4 is 5.91 Å². The fourth-order valence-corrected chi connectivity index (χ4v) is 9.20. The standard InChI is InChI=1S/C60H115NO4/c1-3-5-7-9-11-13-15-17-19-21-22-23-24-25-26-27-28-29-30-31-32-33-34-35-36-38-39-41-43-45-47-49-51-53-57(63)55-60(65)61-58(56-62)59(64)54-52-50-48-46-44-42-40-37-20-18-16-14-12-10-8-6-4-2/h24-25,27-28,52,54,57-59,62-64H,3-23,26,29-51,53,55-56H2,1-2H3,(H,61,65)/b25-24-,28-27-,54-52+. The van der Waals surface area contributed by atoms with Gasteiger partial charge in [0.1, 0.15) is 0 Å². The lowest BCUT2D eigenvalue weighted by molar-refractivity contribution is -0.124. The van der Waals surface area contributed by atoms with Gasteiger partial charge >= 0.3 is 0 Å². The van der Waals surface area contributed by atoms with E-state index in [2.05, 4.69) is 43.5 Å². The first-order valence-electron chi connectivity index (χ1n) is 29.3. The van der Waals surface area contributed by atoms with Crippen molar-refractivity contribution in [1.29, 1.82) is 0 Å². The number of nitrogens with one attached hydrogen (secondary N) is 1. The molecule has 0 aliphatic rings. The molecular weight excluding hydrogens is 799 g/mol. The van der Waals surface area contributed by atoms with E-state index < -0.39 is 18.2 Å². The smallest absolute Gasteiger partial charge is 0.222 e. The molecule has 0 fully saturated rings. The summed E-state index contributed by atoms with van der Waals surface area (Å²) < 4.78 is 0. The molecule has 0 aromatic heterocycles. The fraction of sp³-hybridized carbons (Fsp3) is 0.883. The zero-order valence-corrected chi connectivity index (χ0v) is 43.9. The molecule has 5 nitrogen and oxygen atoms in total. The van der Waals surface area contributed by atoms with Crippen molar-refractivity contribution in [1.82, 2.24) is 5.32 Å². The number of unbranched alkanes of at least 4 members (excludes halogenated alkanes) is 41. The van der Waals surface area contributed by atoms with Gasteiger partial charge in [0, 0.05) is 0 Å². The van der Waals surface area contributed by atoms with Crippen molar-refractivity contribution in [3.63, 3.8) is 0 Å². The lowest BCUT2D eigenvalue weighted by atomic mass is 10.0. The van der Waals surface area contributed by atoms with E-state index in [9.17, 15) is 20.1 Å². The topological polar surface area (TPSA) is 89.8 Å². The van der Waals surface area contributed by atoms with Crippen LogP contribution in [-0.2, 0) is 4.79 Å². The van der Waals surface area contributed by atoms with E-state index >= 15 is 0 Å². The molecule has 3 atom stereocenters. The summed E-state index contributed by atoms with van der Waals surface area (Å²) in [5.74, 6) is -0.312. The van der Waals surface area contributed by atoms with Gasteiger partial charge in [-0.25, -0.2) is 0 Å². The quantitative estimate of drug-likeness (QED) is 0.0361. The van der Waals surface area contributed by atoms with Crippen molar-refractivity contribution in [2.24, 2.45) is 0 Å². The molecule has 0 spiro atoms. The first kappa shape index (κ1) is 63.6. The van der Waals surface area contributed by atoms with Crippen LogP contribution in [0.25, 0.3) is 0 Å². The van der Waals surface area contributed by atoms with Crippen molar-refractivity contribution in [2.45, 2.75) is 334 Å². The monoisotopic (exact) mass is 914 g/mol. The molecular formula is C60H115NO4. The summed E-state index contributed by atoms with van der Waals surface area (Å²) in [4.78, 5) is 12.5. The Labute approximate surface area is 406 Å². The molecule has 0 heterocycles. The average molecular weight is 915 g/mol. The van der Waals surface area contributed by atoms with E-state index in [4.69, 9.17) is 0 Å². The minimum absolute atomic E-state index is 0.0153. The summed E-state index contributed by atoms with van der Waals surface area (Å²) in [5.41, 5.74) is 0. The van der Waals surface area contributed by atoms with Crippen LogP contribution >= 0.6 is 0 Å². The number of rotatable bonds is 54. The molecule has 0 bridgehead atoms. The molecule has 1 amide bonds. The predicted molar refractivity (Wildman–Crippen MR) is 287 cm³/mol. The van der Waals surface area contributed by atoms with Crippen LogP contribution in [0, 0.1) is 0 Å².